The first-order chi connectivity index (χ1) is 10.1. The summed E-state index contributed by atoms with van der Waals surface area (Å²) in [4.78, 5) is 15.9. The highest BCUT2D eigenvalue weighted by molar-refractivity contribution is 6.00. The van der Waals surface area contributed by atoms with Gasteiger partial charge in [0, 0.05) is 17.1 Å². The minimum atomic E-state index is -0.620. The zero-order valence-electron chi connectivity index (χ0n) is 10.9. The second kappa shape index (κ2) is 4.80. The van der Waals surface area contributed by atoms with Gasteiger partial charge in [-0.05, 0) is 12.1 Å². The maximum Gasteiger partial charge on any atom is 0.255 e. The lowest BCUT2D eigenvalue weighted by molar-refractivity contribution is -0.120. The van der Waals surface area contributed by atoms with E-state index in [2.05, 4.69) is 32.7 Å². The summed E-state index contributed by atoms with van der Waals surface area (Å²) in [6.07, 6.45) is 1.52. The Hall–Kier alpha value is -3.07. The van der Waals surface area contributed by atoms with Crippen molar-refractivity contribution in [3.05, 3.63) is 42.1 Å². The monoisotopic (exact) mass is 287 g/mol. The quantitative estimate of drug-likeness (QED) is 0.209. The number of fused-ring (bicyclic) bond motifs is 1. The Morgan fingerprint density at radius 1 is 1.52 bits per heavy atom. The number of nitrogens with two attached hydrogens (primary N) is 2. The average Bonchev–Trinajstić information content (AvgIpc) is 3.02. The lowest BCUT2D eigenvalue weighted by atomic mass is 10.2. The number of nitrogens with one attached hydrogen (secondary N) is 3. The zero-order valence-corrected chi connectivity index (χ0v) is 10.9. The van der Waals surface area contributed by atoms with Crippen LogP contribution in [0.5, 0.6) is 0 Å². The summed E-state index contributed by atoms with van der Waals surface area (Å²) in [5.74, 6) is 11.5. The molecule has 3 rings (SSSR count). The molecule has 7 N–H and O–H groups in total. The summed E-state index contributed by atoms with van der Waals surface area (Å²) in [7, 11) is 0. The van der Waals surface area contributed by atoms with Crippen LogP contribution in [0, 0.1) is 0 Å². The standard InChI is InChI=1S/C12H13N7O2/c1-5-16-9(11(20)17-5)8-3-6-2-7(10(18-13)19-14)4-15-12(6)21-8/h2-4,9,16H,1,13-14H2,(H,17,20)(H,18,19). The van der Waals surface area contributed by atoms with E-state index in [4.69, 9.17) is 16.1 Å². The molecule has 0 spiro atoms. The number of carbonyl (C=O) groups excluding carboxylic acids is 1. The molecule has 2 aromatic rings. The molecule has 1 unspecified atom stereocenters. The third-order valence-electron chi connectivity index (χ3n) is 3.07. The van der Waals surface area contributed by atoms with E-state index in [1.54, 1.807) is 12.1 Å². The van der Waals surface area contributed by atoms with Crippen molar-refractivity contribution in [1.29, 1.82) is 0 Å². The molecule has 0 aliphatic carbocycles. The van der Waals surface area contributed by atoms with Gasteiger partial charge in [0.15, 0.2) is 11.9 Å². The van der Waals surface area contributed by atoms with Crippen LogP contribution < -0.4 is 27.7 Å². The summed E-state index contributed by atoms with van der Waals surface area (Å²) in [6.45, 7) is 3.64. The molecule has 108 valence electrons. The predicted octanol–water partition coefficient (Wildman–Crippen LogP) is -0.857. The van der Waals surface area contributed by atoms with Gasteiger partial charge in [0.25, 0.3) is 5.91 Å². The zero-order chi connectivity index (χ0) is 15.0. The van der Waals surface area contributed by atoms with Gasteiger partial charge in [0.05, 0.1) is 5.82 Å². The minimum Gasteiger partial charge on any atom is -0.440 e. The maximum atomic E-state index is 11.8. The third-order valence-corrected chi connectivity index (χ3v) is 3.07. The fourth-order valence-electron chi connectivity index (χ4n) is 2.12. The molecular formula is C12H13N7O2. The van der Waals surface area contributed by atoms with Crippen LogP contribution in [0.4, 0.5) is 0 Å². The first kappa shape index (κ1) is 12.9. The predicted molar refractivity (Wildman–Crippen MR) is 75.2 cm³/mol. The summed E-state index contributed by atoms with van der Waals surface area (Å²) in [6, 6.07) is 2.85. The molecule has 0 saturated carbocycles. The fraction of sp³-hybridized carbons (Fsp3) is 0.0833. The Morgan fingerprint density at radius 3 is 2.95 bits per heavy atom. The van der Waals surface area contributed by atoms with Crippen LogP contribution in [0.1, 0.15) is 17.4 Å². The summed E-state index contributed by atoms with van der Waals surface area (Å²) in [5.41, 5.74) is 3.38. The molecule has 1 aliphatic rings. The number of hydrazone groups is 1. The Labute approximate surface area is 119 Å². The van der Waals surface area contributed by atoms with Crippen LogP contribution in [-0.2, 0) is 4.79 Å². The van der Waals surface area contributed by atoms with Gasteiger partial charge in [-0.25, -0.2) is 10.8 Å². The number of aromatic nitrogens is 1. The number of furan rings is 1. The van der Waals surface area contributed by atoms with Gasteiger partial charge in [-0.1, -0.05) is 6.58 Å². The van der Waals surface area contributed by atoms with Crippen molar-refractivity contribution < 1.29 is 9.21 Å². The molecule has 9 nitrogen and oxygen atoms in total. The van der Waals surface area contributed by atoms with Crippen molar-refractivity contribution >= 4 is 22.8 Å². The summed E-state index contributed by atoms with van der Waals surface area (Å²) >= 11 is 0. The Morgan fingerprint density at radius 2 is 2.33 bits per heavy atom. The third kappa shape index (κ3) is 2.15. The fourth-order valence-corrected chi connectivity index (χ4v) is 2.12. The Balaban J connectivity index is 2.01. The minimum absolute atomic E-state index is 0.230. The van der Waals surface area contributed by atoms with Crippen molar-refractivity contribution in [2.75, 3.05) is 0 Å². The van der Waals surface area contributed by atoms with Crippen LogP contribution in [0.15, 0.2) is 40.2 Å². The first-order valence-corrected chi connectivity index (χ1v) is 6.03. The van der Waals surface area contributed by atoms with E-state index in [9.17, 15) is 4.79 Å². The number of nitrogens with zero attached hydrogens (tertiary/aromatic N) is 2. The number of hydrogen-bond acceptors (Lipinski definition) is 7. The van der Waals surface area contributed by atoms with Crippen LogP contribution in [0.2, 0.25) is 0 Å². The van der Waals surface area contributed by atoms with Crippen molar-refractivity contribution in [2.24, 2.45) is 16.8 Å². The van der Waals surface area contributed by atoms with E-state index in [1.165, 1.54) is 6.20 Å². The molecule has 0 aromatic carbocycles. The number of carbonyl (C=O) groups is 1. The van der Waals surface area contributed by atoms with Crippen LogP contribution in [0.25, 0.3) is 11.1 Å². The molecule has 1 atom stereocenters. The highest BCUT2D eigenvalue weighted by atomic mass is 16.3. The van der Waals surface area contributed by atoms with Crippen LogP contribution in [-0.4, -0.2) is 16.7 Å². The van der Waals surface area contributed by atoms with Crippen molar-refractivity contribution in [1.82, 2.24) is 21.0 Å². The molecule has 2 aromatic heterocycles. The molecule has 1 aliphatic heterocycles. The van der Waals surface area contributed by atoms with Gasteiger partial charge < -0.3 is 26.3 Å². The number of amides is 1. The molecule has 3 heterocycles. The number of amidine groups is 1. The highest BCUT2D eigenvalue weighted by Crippen LogP contribution is 2.26. The Kier molecular flexibility index (Phi) is 2.95. The van der Waals surface area contributed by atoms with E-state index in [-0.39, 0.29) is 11.7 Å². The molecule has 0 radical (unpaired) electrons. The smallest absolute Gasteiger partial charge is 0.255 e. The molecular weight excluding hydrogens is 274 g/mol. The molecule has 1 amide bonds. The number of rotatable bonds is 2. The number of hydrogen-bond donors (Lipinski definition) is 5. The lowest BCUT2D eigenvalue weighted by Gasteiger charge is -2.02. The second-order valence-corrected chi connectivity index (χ2v) is 4.43. The van der Waals surface area contributed by atoms with Gasteiger partial charge in [-0.3, -0.25) is 4.79 Å². The largest absolute Gasteiger partial charge is 0.440 e. The second-order valence-electron chi connectivity index (χ2n) is 4.43. The lowest BCUT2D eigenvalue weighted by Crippen LogP contribution is -2.32. The molecule has 1 fully saturated rings. The van der Waals surface area contributed by atoms with Gasteiger partial charge in [0.1, 0.15) is 5.76 Å². The van der Waals surface area contributed by atoms with E-state index in [0.29, 0.717) is 28.2 Å². The van der Waals surface area contributed by atoms with Crippen LogP contribution >= 0.6 is 0 Å². The maximum absolute atomic E-state index is 11.8. The normalized spacial score (nSPS) is 18.7. The van der Waals surface area contributed by atoms with Crippen LogP contribution in [0.3, 0.4) is 0 Å². The highest BCUT2D eigenvalue weighted by Gasteiger charge is 2.30. The van der Waals surface area contributed by atoms with Crippen molar-refractivity contribution in [2.45, 2.75) is 6.04 Å². The van der Waals surface area contributed by atoms with Gasteiger partial charge >= 0.3 is 0 Å². The number of pyridine rings is 1. The Bertz CT molecular complexity index is 764. The molecule has 0 bridgehead atoms. The van der Waals surface area contributed by atoms with Crippen molar-refractivity contribution in [3.63, 3.8) is 0 Å². The molecule has 1 saturated heterocycles. The van der Waals surface area contributed by atoms with Gasteiger partial charge in [-0.15, -0.1) is 0 Å². The molecule has 21 heavy (non-hydrogen) atoms. The number of hydrazine groups is 1. The van der Waals surface area contributed by atoms with E-state index >= 15 is 0 Å². The van der Waals surface area contributed by atoms with E-state index in [1.807, 2.05) is 0 Å². The van der Waals surface area contributed by atoms with Crippen molar-refractivity contribution in [3.8, 4) is 0 Å². The van der Waals surface area contributed by atoms with Gasteiger partial charge in [0.2, 0.25) is 5.71 Å². The summed E-state index contributed by atoms with van der Waals surface area (Å²) in [5, 5.41) is 9.67. The SMILES string of the molecule is C=C1NC(=O)C(c2cc3cc(/C(=N/N)NN)cnc3o2)N1. The first-order valence-electron chi connectivity index (χ1n) is 6.03. The average molecular weight is 287 g/mol. The van der Waals surface area contributed by atoms with E-state index in [0.717, 1.165) is 0 Å². The topological polar surface area (TPSA) is 144 Å². The van der Waals surface area contributed by atoms with E-state index < -0.39 is 6.04 Å². The summed E-state index contributed by atoms with van der Waals surface area (Å²) < 4.78 is 5.57. The van der Waals surface area contributed by atoms with Gasteiger partial charge in [-0.2, -0.15) is 5.10 Å². The molecule has 9 heteroatoms.